The van der Waals surface area contributed by atoms with Gasteiger partial charge >= 0.3 is 0 Å². The Morgan fingerprint density at radius 1 is 1.00 bits per heavy atom. The van der Waals surface area contributed by atoms with E-state index in [9.17, 15) is 12.8 Å². The van der Waals surface area contributed by atoms with E-state index in [1.54, 1.807) is 11.3 Å². The molecule has 1 fully saturated rings. The van der Waals surface area contributed by atoms with Gasteiger partial charge in [0.2, 0.25) is 10.0 Å². The van der Waals surface area contributed by atoms with Crippen LogP contribution in [-0.4, -0.2) is 43.9 Å². The predicted octanol–water partition coefficient (Wildman–Crippen LogP) is 4.39. The number of aromatic nitrogens is 1. The van der Waals surface area contributed by atoms with Crippen molar-refractivity contribution in [2.24, 2.45) is 0 Å². The summed E-state index contributed by atoms with van der Waals surface area (Å²) in [5, 5.41) is 2.96. The SMILES string of the molecule is Cc1cc(C)c(-c2csc(N3CCN(S(=O)(=O)c4cccc(F)c4)CC3)n2)c(C)c1. The van der Waals surface area contributed by atoms with Crippen LogP contribution in [0.15, 0.2) is 46.7 Å². The van der Waals surface area contributed by atoms with E-state index in [1.165, 1.54) is 39.2 Å². The molecule has 0 spiro atoms. The van der Waals surface area contributed by atoms with Gasteiger partial charge in [-0.1, -0.05) is 23.8 Å². The van der Waals surface area contributed by atoms with E-state index < -0.39 is 15.8 Å². The summed E-state index contributed by atoms with van der Waals surface area (Å²) in [6, 6.07) is 9.50. The Morgan fingerprint density at radius 3 is 2.30 bits per heavy atom. The van der Waals surface area contributed by atoms with Crippen LogP contribution in [0.1, 0.15) is 16.7 Å². The minimum absolute atomic E-state index is 0.00203. The summed E-state index contributed by atoms with van der Waals surface area (Å²) in [7, 11) is -3.69. The van der Waals surface area contributed by atoms with E-state index in [1.807, 2.05) is 0 Å². The largest absolute Gasteiger partial charge is 0.345 e. The number of halogens is 1. The van der Waals surface area contributed by atoms with Crippen LogP contribution >= 0.6 is 11.3 Å². The molecule has 0 atom stereocenters. The topological polar surface area (TPSA) is 53.5 Å². The van der Waals surface area contributed by atoms with Gasteiger partial charge in [0.05, 0.1) is 10.6 Å². The Labute approximate surface area is 180 Å². The van der Waals surface area contributed by atoms with Gasteiger partial charge in [-0.15, -0.1) is 11.3 Å². The molecule has 0 bridgehead atoms. The zero-order chi connectivity index (χ0) is 21.5. The molecule has 4 rings (SSSR count). The van der Waals surface area contributed by atoms with E-state index >= 15 is 0 Å². The van der Waals surface area contributed by atoms with Crippen molar-refractivity contribution in [3.05, 3.63) is 64.3 Å². The van der Waals surface area contributed by atoms with Gasteiger partial charge in [-0.25, -0.2) is 17.8 Å². The van der Waals surface area contributed by atoms with Crippen LogP contribution in [0.5, 0.6) is 0 Å². The van der Waals surface area contributed by atoms with Gasteiger partial charge in [-0.2, -0.15) is 4.31 Å². The maximum Gasteiger partial charge on any atom is 0.243 e. The van der Waals surface area contributed by atoms with Crippen molar-refractivity contribution in [1.29, 1.82) is 0 Å². The van der Waals surface area contributed by atoms with Crippen molar-refractivity contribution in [2.75, 3.05) is 31.1 Å². The van der Waals surface area contributed by atoms with Crippen LogP contribution in [0, 0.1) is 26.6 Å². The highest BCUT2D eigenvalue weighted by Crippen LogP contribution is 2.33. The molecule has 0 radical (unpaired) electrons. The molecule has 0 amide bonds. The summed E-state index contributed by atoms with van der Waals surface area (Å²) in [5.41, 5.74) is 5.76. The number of hydrogen-bond acceptors (Lipinski definition) is 5. The van der Waals surface area contributed by atoms with E-state index in [-0.39, 0.29) is 4.90 Å². The average Bonchev–Trinajstić information content (AvgIpc) is 3.17. The van der Waals surface area contributed by atoms with Crippen LogP contribution in [0.2, 0.25) is 0 Å². The Balaban J connectivity index is 1.49. The van der Waals surface area contributed by atoms with Gasteiger partial charge in [0, 0.05) is 37.1 Å². The van der Waals surface area contributed by atoms with Crippen molar-refractivity contribution in [1.82, 2.24) is 9.29 Å². The minimum atomic E-state index is -3.69. The quantitative estimate of drug-likeness (QED) is 0.598. The molecule has 0 saturated carbocycles. The van der Waals surface area contributed by atoms with E-state index in [0.717, 1.165) is 22.5 Å². The van der Waals surface area contributed by atoms with Crippen molar-refractivity contribution in [2.45, 2.75) is 25.7 Å². The number of anilines is 1. The average molecular weight is 446 g/mol. The monoisotopic (exact) mass is 445 g/mol. The van der Waals surface area contributed by atoms with Gasteiger partial charge in [-0.3, -0.25) is 0 Å². The van der Waals surface area contributed by atoms with Gasteiger partial charge in [0.25, 0.3) is 0 Å². The van der Waals surface area contributed by atoms with E-state index in [4.69, 9.17) is 4.98 Å². The number of aryl methyl sites for hydroxylation is 3. The second-order valence-electron chi connectivity index (χ2n) is 7.64. The Morgan fingerprint density at radius 2 is 1.67 bits per heavy atom. The van der Waals surface area contributed by atoms with E-state index in [0.29, 0.717) is 26.2 Å². The van der Waals surface area contributed by atoms with Gasteiger partial charge in [-0.05, 0) is 50.1 Å². The Hall–Kier alpha value is -2.29. The molecule has 0 N–H and O–H groups in total. The van der Waals surface area contributed by atoms with Gasteiger partial charge < -0.3 is 4.90 Å². The lowest BCUT2D eigenvalue weighted by Crippen LogP contribution is -2.48. The summed E-state index contributed by atoms with van der Waals surface area (Å²) in [4.78, 5) is 6.95. The third-order valence-electron chi connectivity index (χ3n) is 5.37. The molecule has 5 nitrogen and oxygen atoms in total. The number of nitrogens with zero attached hydrogens (tertiary/aromatic N) is 3. The summed E-state index contributed by atoms with van der Waals surface area (Å²) in [5.74, 6) is -0.549. The maximum atomic E-state index is 13.5. The Bertz CT molecular complexity index is 1160. The highest BCUT2D eigenvalue weighted by Gasteiger charge is 2.29. The predicted molar refractivity (Wildman–Crippen MR) is 119 cm³/mol. The fourth-order valence-corrected chi connectivity index (χ4v) is 6.33. The van der Waals surface area contributed by atoms with Crippen LogP contribution < -0.4 is 4.90 Å². The van der Waals surface area contributed by atoms with Crippen molar-refractivity contribution in [3.63, 3.8) is 0 Å². The summed E-state index contributed by atoms with van der Waals surface area (Å²) in [6.45, 7) is 8.08. The molecular formula is C22H24FN3O2S2. The highest BCUT2D eigenvalue weighted by molar-refractivity contribution is 7.89. The minimum Gasteiger partial charge on any atom is -0.345 e. The van der Waals surface area contributed by atoms with E-state index in [2.05, 4.69) is 43.2 Å². The first-order valence-electron chi connectivity index (χ1n) is 9.80. The van der Waals surface area contributed by atoms with Gasteiger partial charge in [0.1, 0.15) is 5.82 Å². The highest BCUT2D eigenvalue weighted by atomic mass is 32.2. The number of hydrogen-bond donors (Lipinski definition) is 0. The molecule has 0 aliphatic carbocycles. The Kier molecular flexibility index (Phi) is 5.65. The molecule has 158 valence electrons. The van der Waals surface area contributed by atoms with Crippen LogP contribution in [0.25, 0.3) is 11.3 Å². The number of thiazole rings is 1. The summed E-state index contributed by atoms with van der Waals surface area (Å²) >= 11 is 1.58. The lowest BCUT2D eigenvalue weighted by atomic mass is 9.98. The molecule has 30 heavy (non-hydrogen) atoms. The second kappa shape index (κ2) is 8.09. The lowest BCUT2D eigenvalue weighted by molar-refractivity contribution is 0.384. The molecular weight excluding hydrogens is 421 g/mol. The fourth-order valence-electron chi connectivity index (χ4n) is 4.00. The van der Waals surface area contributed by atoms with Crippen LogP contribution in [0.3, 0.4) is 0 Å². The van der Waals surface area contributed by atoms with Crippen molar-refractivity contribution < 1.29 is 12.8 Å². The molecule has 2 heterocycles. The number of benzene rings is 2. The van der Waals surface area contributed by atoms with Crippen LogP contribution in [0.4, 0.5) is 9.52 Å². The first-order chi connectivity index (χ1) is 14.3. The number of rotatable bonds is 4. The zero-order valence-electron chi connectivity index (χ0n) is 17.2. The molecule has 1 aliphatic rings. The lowest BCUT2D eigenvalue weighted by Gasteiger charge is -2.33. The van der Waals surface area contributed by atoms with Crippen LogP contribution in [-0.2, 0) is 10.0 Å². The molecule has 1 aliphatic heterocycles. The second-order valence-corrected chi connectivity index (χ2v) is 10.4. The molecule has 8 heteroatoms. The third kappa shape index (κ3) is 3.99. The molecule has 3 aromatic rings. The van der Waals surface area contributed by atoms with Gasteiger partial charge in [0.15, 0.2) is 5.13 Å². The smallest absolute Gasteiger partial charge is 0.243 e. The fraction of sp³-hybridized carbons (Fsp3) is 0.318. The molecule has 0 unspecified atom stereocenters. The molecule has 2 aromatic carbocycles. The molecule has 1 saturated heterocycles. The summed E-state index contributed by atoms with van der Waals surface area (Å²) < 4.78 is 40.5. The third-order valence-corrected chi connectivity index (χ3v) is 8.16. The maximum absolute atomic E-state index is 13.5. The number of sulfonamides is 1. The first-order valence-corrected chi connectivity index (χ1v) is 12.1. The number of piperazine rings is 1. The summed E-state index contributed by atoms with van der Waals surface area (Å²) in [6.07, 6.45) is 0. The van der Waals surface area contributed by atoms with Crippen molar-refractivity contribution >= 4 is 26.5 Å². The first kappa shape index (κ1) is 21.0. The van der Waals surface area contributed by atoms with Crippen molar-refractivity contribution in [3.8, 4) is 11.3 Å². The zero-order valence-corrected chi connectivity index (χ0v) is 18.9. The standard InChI is InChI=1S/C22H24FN3O2S2/c1-15-11-16(2)21(17(3)12-15)20-14-29-22(24-20)25-7-9-26(10-8-25)30(27,28)19-6-4-5-18(23)13-19/h4-6,11-14H,7-10H2,1-3H3. The molecule has 1 aromatic heterocycles. The normalized spacial score (nSPS) is 15.5.